The highest BCUT2D eigenvalue weighted by Gasteiger charge is 2.23. The van der Waals surface area contributed by atoms with Gasteiger partial charge in [0.2, 0.25) is 11.9 Å². The number of aromatic amines is 1. The predicted octanol–water partition coefficient (Wildman–Crippen LogP) is 3.13. The van der Waals surface area contributed by atoms with E-state index in [0.717, 1.165) is 68.2 Å². The van der Waals surface area contributed by atoms with Gasteiger partial charge >= 0.3 is 0 Å². The number of hydrogen-bond donors (Lipinski definition) is 3. The number of hydrogen-bond acceptors (Lipinski definition) is 7. The van der Waals surface area contributed by atoms with E-state index in [-0.39, 0.29) is 11.9 Å². The summed E-state index contributed by atoms with van der Waals surface area (Å²) in [6, 6.07) is 10.4. The van der Waals surface area contributed by atoms with Crippen LogP contribution in [0.5, 0.6) is 0 Å². The first-order valence-corrected chi connectivity index (χ1v) is 11.4. The average molecular weight is 448 g/mol. The number of fused-ring (bicyclic) bond motifs is 1. The van der Waals surface area contributed by atoms with E-state index in [9.17, 15) is 4.79 Å². The Labute approximate surface area is 192 Å². The van der Waals surface area contributed by atoms with E-state index < -0.39 is 0 Å². The number of carbonyl (C=O) groups is 1. The van der Waals surface area contributed by atoms with Crippen LogP contribution in [0.25, 0.3) is 11.0 Å². The van der Waals surface area contributed by atoms with Crippen LogP contribution in [-0.2, 0) is 9.53 Å². The number of rotatable bonds is 6. The maximum atomic E-state index is 12.0. The summed E-state index contributed by atoms with van der Waals surface area (Å²) in [5.74, 6) is 1.24. The van der Waals surface area contributed by atoms with Gasteiger partial charge in [0, 0.05) is 49.8 Å². The van der Waals surface area contributed by atoms with Gasteiger partial charge in [-0.05, 0) is 49.2 Å². The van der Waals surface area contributed by atoms with E-state index in [1.54, 1.807) is 0 Å². The van der Waals surface area contributed by atoms with Crippen molar-refractivity contribution in [2.24, 2.45) is 0 Å². The van der Waals surface area contributed by atoms with E-state index in [1.807, 2.05) is 29.3 Å². The van der Waals surface area contributed by atoms with Crippen LogP contribution >= 0.6 is 0 Å². The van der Waals surface area contributed by atoms with Gasteiger partial charge in [0.15, 0.2) is 0 Å². The number of morpholine rings is 1. The molecule has 2 fully saturated rings. The molecule has 1 atom stereocenters. The second kappa shape index (κ2) is 9.50. The molecule has 9 heteroatoms. The van der Waals surface area contributed by atoms with Gasteiger partial charge in [-0.25, -0.2) is 0 Å². The number of benzene rings is 1. The van der Waals surface area contributed by atoms with Crippen LogP contribution in [0.1, 0.15) is 12.8 Å². The molecule has 3 N–H and O–H groups in total. The second-order valence-corrected chi connectivity index (χ2v) is 8.38. The SMILES string of the molecule is C=CC(=O)N1CCCC(Nc2nc(Nc3ccc(N4CCOCC4)cc3)nc3[nH]ccc23)C1. The van der Waals surface area contributed by atoms with Crippen LogP contribution in [0, 0.1) is 0 Å². The molecule has 0 radical (unpaired) electrons. The topological polar surface area (TPSA) is 98.4 Å². The van der Waals surface area contributed by atoms with Gasteiger partial charge in [-0.15, -0.1) is 0 Å². The highest BCUT2D eigenvalue weighted by Crippen LogP contribution is 2.26. The third-order valence-electron chi connectivity index (χ3n) is 6.16. The third kappa shape index (κ3) is 4.78. The molecule has 4 heterocycles. The van der Waals surface area contributed by atoms with Crippen LogP contribution in [0.15, 0.2) is 49.2 Å². The fourth-order valence-corrected chi connectivity index (χ4v) is 4.43. The number of nitrogens with one attached hydrogen (secondary N) is 3. The first-order valence-electron chi connectivity index (χ1n) is 11.4. The number of H-pyrrole nitrogens is 1. The van der Waals surface area contributed by atoms with Gasteiger partial charge in [-0.2, -0.15) is 9.97 Å². The number of nitrogens with zero attached hydrogens (tertiary/aromatic N) is 4. The van der Waals surface area contributed by atoms with Gasteiger partial charge in [0.05, 0.1) is 18.6 Å². The summed E-state index contributed by atoms with van der Waals surface area (Å²) in [6.45, 7) is 8.35. The van der Waals surface area contributed by atoms with Gasteiger partial charge < -0.3 is 30.2 Å². The molecule has 2 aliphatic heterocycles. The minimum absolute atomic E-state index is 0.0288. The van der Waals surface area contributed by atoms with Crippen molar-refractivity contribution in [3.05, 3.63) is 49.2 Å². The van der Waals surface area contributed by atoms with E-state index in [1.165, 1.54) is 11.8 Å². The molecule has 5 rings (SSSR count). The Morgan fingerprint density at radius 1 is 1.15 bits per heavy atom. The Morgan fingerprint density at radius 2 is 1.97 bits per heavy atom. The molecular formula is C24H29N7O2. The lowest BCUT2D eigenvalue weighted by Crippen LogP contribution is -2.44. The van der Waals surface area contributed by atoms with Crippen molar-refractivity contribution < 1.29 is 9.53 Å². The minimum atomic E-state index is -0.0288. The summed E-state index contributed by atoms with van der Waals surface area (Å²) in [6.07, 6.45) is 5.16. The van der Waals surface area contributed by atoms with Crippen molar-refractivity contribution in [3.63, 3.8) is 0 Å². The number of ether oxygens (including phenoxy) is 1. The summed E-state index contributed by atoms with van der Waals surface area (Å²) < 4.78 is 5.44. The summed E-state index contributed by atoms with van der Waals surface area (Å²) in [7, 11) is 0. The van der Waals surface area contributed by atoms with E-state index in [2.05, 4.69) is 44.2 Å². The predicted molar refractivity (Wildman–Crippen MR) is 130 cm³/mol. The lowest BCUT2D eigenvalue weighted by atomic mass is 10.1. The number of likely N-dealkylation sites (tertiary alicyclic amines) is 1. The van der Waals surface area contributed by atoms with Crippen LogP contribution in [-0.4, -0.2) is 71.2 Å². The van der Waals surface area contributed by atoms with Gasteiger partial charge in [0.25, 0.3) is 0 Å². The average Bonchev–Trinajstić information content (AvgIpc) is 3.34. The van der Waals surface area contributed by atoms with Crippen LogP contribution in [0.4, 0.5) is 23.1 Å². The molecule has 1 aromatic carbocycles. The summed E-state index contributed by atoms with van der Waals surface area (Å²) in [5.41, 5.74) is 2.86. The zero-order valence-electron chi connectivity index (χ0n) is 18.6. The molecule has 9 nitrogen and oxygen atoms in total. The standard InChI is InChI=1S/C24H29N7O2/c1-2-21(32)31-11-3-4-18(16-31)26-23-20-9-10-25-22(20)28-24(29-23)27-17-5-7-19(8-6-17)30-12-14-33-15-13-30/h2,5-10,18H,1,3-4,11-16H2,(H3,25,26,27,28,29). The van der Waals surface area contributed by atoms with E-state index >= 15 is 0 Å². The molecule has 0 saturated carbocycles. The van der Waals surface area contributed by atoms with Crippen LogP contribution in [0.2, 0.25) is 0 Å². The van der Waals surface area contributed by atoms with E-state index in [0.29, 0.717) is 12.5 Å². The Bertz CT molecular complexity index is 1120. The molecule has 1 unspecified atom stereocenters. The summed E-state index contributed by atoms with van der Waals surface area (Å²) in [4.78, 5) is 28.8. The fourth-order valence-electron chi connectivity index (χ4n) is 4.43. The number of amides is 1. The first kappa shape index (κ1) is 21.3. The molecule has 2 aromatic heterocycles. The van der Waals surface area contributed by atoms with Crippen molar-refractivity contribution in [1.29, 1.82) is 0 Å². The number of piperidine rings is 1. The smallest absolute Gasteiger partial charge is 0.246 e. The summed E-state index contributed by atoms with van der Waals surface area (Å²) in [5, 5.41) is 7.79. The quantitative estimate of drug-likeness (QED) is 0.500. The zero-order chi connectivity index (χ0) is 22.6. The second-order valence-electron chi connectivity index (χ2n) is 8.38. The van der Waals surface area contributed by atoms with Crippen molar-refractivity contribution in [2.75, 3.05) is 54.9 Å². The highest BCUT2D eigenvalue weighted by atomic mass is 16.5. The number of anilines is 4. The zero-order valence-corrected chi connectivity index (χ0v) is 18.6. The molecule has 2 saturated heterocycles. The Balaban J connectivity index is 1.32. The number of carbonyl (C=O) groups excluding carboxylic acids is 1. The van der Waals surface area contributed by atoms with Gasteiger partial charge in [0.1, 0.15) is 11.5 Å². The normalized spacial score (nSPS) is 18.8. The molecule has 0 spiro atoms. The third-order valence-corrected chi connectivity index (χ3v) is 6.16. The van der Waals surface area contributed by atoms with Crippen molar-refractivity contribution in [2.45, 2.75) is 18.9 Å². The van der Waals surface area contributed by atoms with Crippen LogP contribution in [0.3, 0.4) is 0 Å². The molecule has 0 aliphatic carbocycles. The minimum Gasteiger partial charge on any atom is -0.378 e. The molecule has 2 aliphatic rings. The Kier molecular flexibility index (Phi) is 6.12. The number of aromatic nitrogens is 3. The largest absolute Gasteiger partial charge is 0.378 e. The molecule has 0 bridgehead atoms. The van der Waals surface area contributed by atoms with E-state index in [4.69, 9.17) is 9.72 Å². The Hall–Kier alpha value is -3.59. The molecule has 1 amide bonds. The van der Waals surface area contributed by atoms with Crippen molar-refractivity contribution >= 4 is 40.1 Å². The Morgan fingerprint density at radius 3 is 2.76 bits per heavy atom. The van der Waals surface area contributed by atoms with Crippen molar-refractivity contribution in [3.8, 4) is 0 Å². The van der Waals surface area contributed by atoms with Crippen molar-refractivity contribution in [1.82, 2.24) is 19.9 Å². The maximum Gasteiger partial charge on any atom is 0.246 e. The molecule has 3 aromatic rings. The monoisotopic (exact) mass is 447 g/mol. The van der Waals surface area contributed by atoms with Gasteiger partial charge in [-0.1, -0.05) is 6.58 Å². The molecule has 33 heavy (non-hydrogen) atoms. The molecular weight excluding hydrogens is 418 g/mol. The molecule has 172 valence electrons. The first-order chi connectivity index (χ1) is 16.2. The highest BCUT2D eigenvalue weighted by molar-refractivity contribution is 5.89. The lowest BCUT2D eigenvalue weighted by molar-refractivity contribution is -0.127. The van der Waals surface area contributed by atoms with Gasteiger partial charge in [-0.3, -0.25) is 4.79 Å². The fraction of sp³-hybridized carbons (Fsp3) is 0.375. The lowest BCUT2D eigenvalue weighted by Gasteiger charge is -2.33. The summed E-state index contributed by atoms with van der Waals surface area (Å²) >= 11 is 0. The van der Waals surface area contributed by atoms with Crippen LogP contribution < -0.4 is 15.5 Å². The maximum absolute atomic E-state index is 12.0.